The largest absolute Gasteiger partial charge is 0.338 e. The van der Waals surface area contributed by atoms with Crippen LogP contribution in [0.25, 0.3) is 0 Å². The van der Waals surface area contributed by atoms with E-state index in [4.69, 9.17) is 4.98 Å². The molecule has 1 aromatic heterocycles. The molecule has 1 aromatic carbocycles. The highest BCUT2D eigenvalue weighted by molar-refractivity contribution is 5.79. The first-order chi connectivity index (χ1) is 13.5. The van der Waals surface area contributed by atoms with Gasteiger partial charge in [-0.05, 0) is 25.3 Å². The summed E-state index contributed by atoms with van der Waals surface area (Å²) in [6.07, 6.45) is 4.87. The third-order valence-corrected chi connectivity index (χ3v) is 5.75. The van der Waals surface area contributed by atoms with Crippen molar-refractivity contribution in [2.45, 2.75) is 52.1 Å². The van der Waals surface area contributed by atoms with Gasteiger partial charge in [-0.25, -0.2) is 9.97 Å². The van der Waals surface area contributed by atoms with Gasteiger partial charge in [0, 0.05) is 44.7 Å². The van der Waals surface area contributed by atoms with Gasteiger partial charge in [0.25, 0.3) is 0 Å². The van der Waals surface area contributed by atoms with Crippen molar-refractivity contribution < 1.29 is 9.59 Å². The second-order valence-corrected chi connectivity index (χ2v) is 7.80. The van der Waals surface area contributed by atoms with Gasteiger partial charge in [0.2, 0.25) is 11.8 Å². The molecule has 1 unspecified atom stereocenters. The number of hydrogen-bond acceptors (Lipinski definition) is 4. The van der Waals surface area contributed by atoms with E-state index in [2.05, 4.69) is 4.98 Å². The number of carbonyl (C=O) groups is 2. The van der Waals surface area contributed by atoms with Crippen LogP contribution in [0.5, 0.6) is 0 Å². The molecule has 2 aromatic rings. The maximum Gasteiger partial charge on any atom is 0.227 e. The molecule has 1 atom stereocenters. The molecule has 0 spiro atoms. The van der Waals surface area contributed by atoms with Crippen LogP contribution < -0.4 is 0 Å². The second kappa shape index (κ2) is 7.70. The first-order valence-electron chi connectivity index (χ1n) is 9.96. The lowest BCUT2D eigenvalue weighted by Gasteiger charge is -2.28. The highest BCUT2D eigenvalue weighted by atomic mass is 16.2. The number of aromatic nitrogens is 2. The number of nitrogens with zero attached hydrogens (tertiary/aromatic N) is 4. The molecule has 1 fully saturated rings. The lowest BCUT2D eigenvalue weighted by molar-refractivity contribution is -0.132. The van der Waals surface area contributed by atoms with Gasteiger partial charge in [-0.2, -0.15) is 0 Å². The Labute approximate surface area is 165 Å². The monoisotopic (exact) mass is 378 g/mol. The van der Waals surface area contributed by atoms with Gasteiger partial charge in [0.05, 0.1) is 18.2 Å². The Bertz CT molecular complexity index is 894. The highest BCUT2D eigenvalue weighted by Gasteiger charge is 2.32. The smallest absolute Gasteiger partial charge is 0.227 e. The maximum absolute atomic E-state index is 12.9. The normalized spacial score (nSPS) is 18.9. The predicted molar refractivity (Wildman–Crippen MR) is 105 cm³/mol. The van der Waals surface area contributed by atoms with Gasteiger partial charge in [-0.3, -0.25) is 9.59 Å². The standard InChI is InChI=1S/C22H26N4O2/c1-15-5-7-17(8-6-15)12-21(28)26-10-3-4-20(26)22-23-13-18-14-25(16(2)27)11-9-19(18)24-22/h5-8,13,20H,3-4,9-12,14H2,1-2H3. The van der Waals surface area contributed by atoms with E-state index in [1.165, 1.54) is 5.56 Å². The van der Waals surface area contributed by atoms with E-state index in [-0.39, 0.29) is 17.9 Å². The number of amides is 2. The number of benzene rings is 1. The lowest BCUT2D eigenvalue weighted by Crippen LogP contribution is -2.36. The second-order valence-electron chi connectivity index (χ2n) is 7.80. The van der Waals surface area contributed by atoms with Crippen LogP contribution in [0.4, 0.5) is 0 Å². The number of likely N-dealkylation sites (tertiary alicyclic amines) is 1. The lowest BCUT2D eigenvalue weighted by atomic mass is 10.1. The number of rotatable bonds is 3. The highest BCUT2D eigenvalue weighted by Crippen LogP contribution is 2.31. The Hall–Kier alpha value is -2.76. The summed E-state index contributed by atoms with van der Waals surface area (Å²) in [5, 5.41) is 0. The van der Waals surface area contributed by atoms with Crippen molar-refractivity contribution in [1.29, 1.82) is 0 Å². The molecule has 4 rings (SSSR count). The molecule has 146 valence electrons. The zero-order chi connectivity index (χ0) is 19.7. The topological polar surface area (TPSA) is 66.4 Å². The van der Waals surface area contributed by atoms with E-state index in [0.29, 0.717) is 19.5 Å². The molecule has 0 N–H and O–H groups in total. The van der Waals surface area contributed by atoms with E-state index in [9.17, 15) is 9.59 Å². The van der Waals surface area contributed by atoms with Crippen LogP contribution in [0.1, 0.15) is 54.0 Å². The molecule has 1 saturated heterocycles. The molecule has 2 aliphatic heterocycles. The SMILES string of the molecule is CC(=O)N1CCc2nc(C3CCCN3C(=O)Cc3ccc(C)cc3)ncc2C1. The average Bonchev–Trinajstić information content (AvgIpc) is 3.19. The molecular weight excluding hydrogens is 352 g/mol. The molecule has 0 radical (unpaired) electrons. The van der Waals surface area contributed by atoms with Crippen LogP contribution in [0.2, 0.25) is 0 Å². The van der Waals surface area contributed by atoms with Crippen LogP contribution in [0, 0.1) is 6.92 Å². The van der Waals surface area contributed by atoms with Crippen LogP contribution >= 0.6 is 0 Å². The minimum atomic E-state index is -0.0471. The number of hydrogen-bond donors (Lipinski definition) is 0. The molecule has 2 amide bonds. The van der Waals surface area contributed by atoms with Gasteiger partial charge in [0.1, 0.15) is 0 Å². The van der Waals surface area contributed by atoms with Crippen molar-refractivity contribution in [3.8, 4) is 0 Å². The Morgan fingerprint density at radius 1 is 1.18 bits per heavy atom. The fourth-order valence-corrected chi connectivity index (χ4v) is 4.08. The zero-order valence-corrected chi connectivity index (χ0v) is 16.5. The van der Waals surface area contributed by atoms with Gasteiger partial charge < -0.3 is 9.80 Å². The molecule has 0 aliphatic carbocycles. The molecule has 6 nitrogen and oxygen atoms in total. The van der Waals surface area contributed by atoms with E-state index >= 15 is 0 Å². The summed E-state index contributed by atoms with van der Waals surface area (Å²) in [5.41, 5.74) is 4.26. The van der Waals surface area contributed by atoms with Crippen LogP contribution in [-0.2, 0) is 29.0 Å². The van der Waals surface area contributed by atoms with Crippen molar-refractivity contribution in [3.63, 3.8) is 0 Å². The van der Waals surface area contributed by atoms with Crippen molar-refractivity contribution >= 4 is 11.8 Å². The minimum absolute atomic E-state index is 0.0471. The van der Waals surface area contributed by atoms with Crippen molar-refractivity contribution in [3.05, 3.63) is 58.7 Å². The minimum Gasteiger partial charge on any atom is -0.338 e. The molecule has 28 heavy (non-hydrogen) atoms. The fourth-order valence-electron chi connectivity index (χ4n) is 4.08. The van der Waals surface area contributed by atoms with Gasteiger partial charge in [0.15, 0.2) is 5.82 Å². The number of fused-ring (bicyclic) bond motifs is 1. The number of carbonyl (C=O) groups excluding carboxylic acids is 2. The van der Waals surface area contributed by atoms with Gasteiger partial charge >= 0.3 is 0 Å². The van der Waals surface area contributed by atoms with Crippen LogP contribution in [0.15, 0.2) is 30.5 Å². The Kier molecular flexibility index (Phi) is 5.11. The molecule has 6 heteroatoms. The first kappa shape index (κ1) is 18.6. The van der Waals surface area contributed by atoms with Gasteiger partial charge in [-0.15, -0.1) is 0 Å². The van der Waals surface area contributed by atoms with Crippen LogP contribution in [0.3, 0.4) is 0 Å². The zero-order valence-electron chi connectivity index (χ0n) is 16.5. The molecule has 3 heterocycles. The van der Waals surface area contributed by atoms with Crippen molar-refractivity contribution in [1.82, 2.24) is 19.8 Å². The summed E-state index contributed by atoms with van der Waals surface area (Å²) >= 11 is 0. The van der Waals surface area contributed by atoms with E-state index in [1.54, 1.807) is 6.92 Å². The summed E-state index contributed by atoms with van der Waals surface area (Å²) in [7, 11) is 0. The Morgan fingerprint density at radius 3 is 2.71 bits per heavy atom. The Balaban J connectivity index is 1.50. The maximum atomic E-state index is 12.9. The third-order valence-electron chi connectivity index (χ3n) is 5.75. The molecule has 0 bridgehead atoms. The first-order valence-corrected chi connectivity index (χ1v) is 9.96. The van der Waals surface area contributed by atoms with E-state index in [0.717, 1.165) is 48.5 Å². The predicted octanol–water partition coefficient (Wildman–Crippen LogP) is 2.60. The van der Waals surface area contributed by atoms with E-state index in [1.807, 2.05) is 47.2 Å². The van der Waals surface area contributed by atoms with E-state index < -0.39 is 0 Å². The number of aryl methyl sites for hydroxylation is 1. The molecule has 0 saturated carbocycles. The van der Waals surface area contributed by atoms with Gasteiger partial charge in [-0.1, -0.05) is 29.8 Å². The third kappa shape index (κ3) is 3.77. The Morgan fingerprint density at radius 2 is 1.96 bits per heavy atom. The summed E-state index contributed by atoms with van der Waals surface area (Å²) < 4.78 is 0. The fraction of sp³-hybridized carbons (Fsp3) is 0.455. The summed E-state index contributed by atoms with van der Waals surface area (Å²) in [5.74, 6) is 0.957. The summed E-state index contributed by atoms with van der Waals surface area (Å²) in [6, 6.07) is 8.08. The summed E-state index contributed by atoms with van der Waals surface area (Å²) in [4.78, 5) is 37.7. The van der Waals surface area contributed by atoms with Crippen LogP contribution in [-0.4, -0.2) is 44.7 Å². The molecule has 2 aliphatic rings. The average molecular weight is 378 g/mol. The quantitative estimate of drug-likeness (QED) is 0.823. The molecular formula is C22H26N4O2. The summed E-state index contributed by atoms with van der Waals surface area (Å²) in [6.45, 7) is 5.67. The van der Waals surface area contributed by atoms with Crippen molar-refractivity contribution in [2.75, 3.05) is 13.1 Å². The van der Waals surface area contributed by atoms with Crippen molar-refractivity contribution in [2.24, 2.45) is 0 Å².